The van der Waals surface area contributed by atoms with Crippen molar-refractivity contribution in [2.75, 3.05) is 6.54 Å². The second kappa shape index (κ2) is 4.92. The molecule has 0 bridgehead atoms. The van der Waals surface area contributed by atoms with E-state index in [1.807, 2.05) is 41.8 Å². The molecule has 0 radical (unpaired) electrons. The fourth-order valence-corrected chi connectivity index (χ4v) is 2.59. The molecule has 1 saturated heterocycles. The zero-order valence-electron chi connectivity index (χ0n) is 10.6. The van der Waals surface area contributed by atoms with E-state index in [-0.39, 0.29) is 18.0 Å². The molecule has 1 fully saturated rings. The van der Waals surface area contributed by atoms with Crippen LogP contribution in [-0.2, 0) is 7.05 Å². The number of rotatable bonds is 2. The molecule has 1 amide bonds. The summed E-state index contributed by atoms with van der Waals surface area (Å²) < 4.78 is 1.87. The minimum atomic E-state index is 0.0412. The number of nitrogens with two attached hydrogens (primary N) is 1. The van der Waals surface area contributed by atoms with E-state index in [4.69, 9.17) is 5.73 Å². The first kappa shape index (κ1) is 12.2. The van der Waals surface area contributed by atoms with Gasteiger partial charge in [0.2, 0.25) is 0 Å². The first-order chi connectivity index (χ1) is 8.11. The molecule has 4 heteroatoms. The summed E-state index contributed by atoms with van der Waals surface area (Å²) in [7, 11) is 1.90. The van der Waals surface area contributed by atoms with E-state index in [0.29, 0.717) is 0 Å². The van der Waals surface area contributed by atoms with Crippen LogP contribution in [0.4, 0.5) is 0 Å². The Morgan fingerprint density at radius 1 is 1.53 bits per heavy atom. The van der Waals surface area contributed by atoms with E-state index in [1.165, 1.54) is 6.42 Å². The van der Waals surface area contributed by atoms with Crippen LogP contribution in [0.3, 0.4) is 0 Å². The van der Waals surface area contributed by atoms with E-state index >= 15 is 0 Å². The lowest BCUT2D eigenvalue weighted by molar-refractivity contribution is 0.0574. The molecule has 1 aliphatic rings. The Morgan fingerprint density at radius 3 is 2.88 bits per heavy atom. The van der Waals surface area contributed by atoms with Crippen LogP contribution in [0.15, 0.2) is 18.3 Å². The van der Waals surface area contributed by atoms with Gasteiger partial charge in [-0.25, -0.2) is 0 Å². The standard InChI is InChI=1S/C13H21N3O/c1-10(14)11-6-3-4-9-16(11)13(17)12-7-5-8-15(12)2/h5,7-8,10-11H,3-4,6,9,14H2,1-2H3. The number of aryl methyl sites for hydroxylation is 1. The van der Waals surface area contributed by atoms with Gasteiger partial charge in [0.15, 0.2) is 0 Å². The van der Waals surface area contributed by atoms with Crippen LogP contribution in [0.5, 0.6) is 0 Å². The fraction of sp³-hybridized carbons (Fsp3) is 0.615. The summed E-state index contributed by atoms with van der Waals surface area (Å²) in [5.74, 6) is 0.111. The second-order valence-electron chi connectivity index (χ2n) is 4.93. The van der Waals surface area contributed by atoms with Crippen LogP contribution in [0, 0.1) is 0 Å². The number of amides is 1. The molecule has 4 nitrogen and oxygen atoms in total. The van der Waals surface area contributed by atoms with Crippen molar-refractivity contribution in [1.29, 1.82) is 0 Å². The molecule has 1 aromatic rings. The molecule has 0 aliphatic carbocycles. The molecular formula is C13H21N3O. The van der Waals surface area contributed by atoms with E-state index in [1.54, 1.807) is 0 Å². The van der Waals surface area contributed by atoms with Crippen molar-refractivity contribution in [1.82, 2.24) is 9.47 Å². The molecule has 0 aromatic carbocycles. The van der Waals surface area contributed by atoms with Crippen LogP contribution in [0.1, 0.15) is 36.7 Å². The monoisotopic (exact) mass is 235 g/mol. The van der Waals surface area contributed by atoms with Crippen LogP contribution in [0.25, 0.3) is 0 Å². The second-order valence-corrected chi connectivity index (χ2v) is 4.93. The normalized spacial score (nSPS) is 22.5. The van der Waals surface area contributed by atoms with Crippen molar-refractivity contribution in [2.24, 2.45) is 12.8 Å². The smallest absolute Gasteiger partial charge is 0.270 e. The number of hydrogen-bond donors (Lipinski definition) is 1. The SMILES string of the molecule is CC(N)C1CCCCN1C(=O)c1cccn1C. The third-order valence-corrected chi connectivity index (χ3v) is 3.58. The molecule has 94 valence electrons. The van der Waals surface area contributed by atoms with Gasteiger partial charge in [0.1, 0.15) is 5.69 Å². The van der Waals surface area contributed by atoms with Crippen molar-refractivity contribution in [2.45, 2.75) is 38.3 Å². The number of likely N-dealkylation sites (tertiary alicyclic amines) is 1. The number of nitrogens with zero attached hydrogens (tertiary/aromatic N) is 2. The van der Waals surface area contributed by atoms with Crippen molar-refractivity contribution in [3.05, 3.63) is 24.0 Å². The Hall–Kier alpha value is -1.29. The van der Waals surface area contributed by atoms with Crippen LogP contribution >= 0.6 is 0 Å². The Labute approximate surface area is 102 Å². The van der Waals surface area contributed by atoms with Gasteiger partial charge >= 0.3 is 0 Å². The number of carbonyl (C=O) groups excluding carboxylic acids is 1. The maximum atomic E-state index is 12.4. The zero-order chi connectivity index (χ0) is 12.4. The topological polar surface area (TPSA) is 51.3 Å². The van der Waals surface area contributed by atoms with Crippen molar-refractivity contribution in [3.63, 3.8) is 0 Å². The predicted octanol–water partition coefficient (Wildman–Crippen LogP) is 1.37. The lowest BCUT2D eigenvalue weighted by atomic mass is 9.96. The Kier molecular flexibility index (Phi) is 3.52. The minimum absolute atomic E-state index is 0.0412. The Balaban J connectivity index is 2.20. The van der Waals surface area contributed by atoms with Crippen LogP contribution in [-0.4, -0.2) is 34.0 Å². The molecule has 17 heavy (non-hydrogen) atoms. The maximum Gasteiger partial charge on any atom is 0.270 e. The lowest BCUT2D eigenvalue weighted by Crippen LogP contribution is -2.52. The van der Waals surface area contributed by atoms with Gasteiger partial charge < -0.3 is 15.2 Å². The third kappa shape index (κ3) is 2.36. The van der Waals surface area contributed by atoms with Gasteiger partial charge in [-0.15, -0.1) is 0 Å². The summed E-state index contributed by atoms with van der Waals surface area (Å²) in [6.07, 6.45) is 5.17. The predicted molar refractivity (Wildman–Crippen MR) is 67.7 cm³/mol. The van der Waals surface area contributed by atoms with E-state index in [2.05, 4.69) is 0 Å². The number of aromatic nitrogens is 1. The highest BCUT2D eigenvalue weighted by Gasteiger charge is 2.30. The summed E-state index contributed by atoms with van der Waals surface area (Å²) in [4.78, 5) is 14.4. The Bertz CT molecular complexity index is 397. The van der Waals surface area contributed by atoms with Crippen LogP contribution in [0.2, 0.25) is 0 Å². The van der Waals surface area contributed by atoms with Gasteiger partial charge in [-0.2, -0.15) is 0 Å². The molecule has 0 spiro atoms. The van der Waals surface area contributed by atoms with Crippen molar-refractivity contribution >= 4 is 5.91 Å². The van der Waals surface area contributed by atoms with Gasteiger partial charge in [0.25, 0.3) is 5.91 Å². The molecule has 2 atom stereocenters. The molecule has 2 rings (SSSR count). The number of carbonyl (C=O) groups is 1. The third-order valence-electron chi connectivity index (χ3n) is 3.58. The molecule has 1 aliphatic heterocycles. The summed E-state index contributed by atoms with van der Waals surface area (Å²) in [6, 6.07) is 4.00. The van der Waals surface area contributed by atoms with E-state index < -0.39 is 0 Å². The quantitative estimate of drug-likeness (QED) is 0.841. The average molecular weight is 235 g/mol. The first-order valence-corrected chi connectivity index (χ1v) is 6.29. The highest BCUT2D eigenvalue weighted by atomic mass is 16.2. The van der Waals surface area contributed by atoms with Gasteiger partial charge in [0.05, 0.1) is 0 Å². The van der Waals surface area contributed by atoms with Gasteiger partial charge in [-0.05, 0) is 38.3 Å². The molecule has 2 heterocycles. The molecule has 2 unspecified atom stereocenters. The Morgan fingerprint density at radius 2 is 2.29 bits per heavy atom. The summed E-state index contributed by atoms with van der Waals surface area (Å²) >= 11 is 0. The average Bonchev–Trinajstić information content (AvgIpc) is 2.74. The molecule has 1 aromatic heterocycles. The summed E-state index contributed by atoms with van der Waals surface area (Å²) in [6.45, 7) is 2.82. The fourth-order valence-electron chi connectivity index (χ4n) is 2.59. The maximum absolute atomic E-state index is 12.4. The van der Waals surface area contributed by atoms with E-state index in [0.717, 1.165) is 25.1 Å². The molecule has 0 saturated carbocycles. The lowest BCUT2D eigenvalue weighted by Gasteiger charge is -2.38. The van der Waals surface area contributed by atoms with Crippen molar-refractivity contribution < 1.29 is 4.79 Å². The highest BCUT2D eigenvalue weighted by Crippen LogP contribution is 2.21. The largest absolute Gasteiger partial charge is 0.347 e. The van der Waals surface area contributed by atoms with Gasteiger partial charge in [-0.3, -0.25) is 4.79 Å². The van der Waals surface area contributed by atoms with Crippen LogP contribution < -0.4 is 5.73 Å². The first-order valence-electron chi connectivity index (χ1n) is 6.29. The van der Waals surface area contributed by atoms with Gasteiger partial charge in [0, 0.05) is 31.9 Å². The van der Waals surface area contributed by atoms with E-state index in [9.17, 15) is 4.79 Å². The molecular weight excluding hydrogens is 214 g/mol. The number of piperidine rings is 1. The summed E-state index contributed by atoms with van der Waals surface area (Å²) in [5.41, 5.74) is 6.73. The van der Waals surface area contributed by atoms with Crippen molar-refractivity contribution in [3.8, 4) is 0 Å². The number of hydrogen-bond acceptors (Lipinski definition) is 2. The van der Waals surface area contributed by atoms with Gasteiger partial charge in [-0.1, -0.05) is 0 Å². The summed E-state index contributed by atoms with van der Waals surface area (Å²) in [5, 5.41) is 0. The highest BCUT2D eigenvalue weighted by molar-refractivity contribution is 5.93. The molecule has 2 N–H and O–H groups in total. The zero-order valence-corrected chi connectivity index (χ0v) is 10.6. The minimum Gasteiger partial charge on any atom is -0.347 e.